The van der Waals surface area contributed by atoms with Gasteiger partial charge in [0.1, 0.15) is 0 Å². The number of carbonyl (C=O) groups excluding carboxylic acids is 1. The molecule has 4 heteroatoms. The summed E-state index contributed by atoms with van der Waals surface area (Å²) in [6, 6.07) is 0.238. The molecule has 0 bridgehead atoms. The second-order valence-corrected chi connectivity index (χ2v) is 5.00. The van der Waals surface area contributed by atoms with Crippen molar-refractivity contribution in [3.63, 3.8) is 0 Å². The summed E-state index contributed by atoms with van der Waals surface area (Å²) < 4.78 is 5.55. The Bertz CT molecular complexity index is 213. The van der Waals surface area contributed by atoms with Crippen LogP contribution in [-0.2, 0) is 9.53 Å². The van der Waals surface area contributed by atoms with Crippen molar-refractivity contribution in [1.29, 1.82) is 0 Å². The van der Waals surface area contributed by atoms with Crippen LogP contribution in [0.5, 0.6) is 0 Å². The van der Waals surface area contributed by atoms with Crippen molar-refractivity contribution in [1.82, 2.24) is 10.6 Å². The molecule has 100 valence electrons. The monoisotopic (exact) mass is 242 g/mol. The fourth-order valence-electron chi connectivity index (χ4n) is 2.05. The van der Waals surface area contributed by atoms with Crippen molar-refractivity contribution < 1.29 is 9.53 Å². The van der Waals surface area contributed by atoms with Crippen LogP contribution in [0.25, 0.3) is 0 Å². The van der Waals surface area contributed by atoms with Gasteiger partial charge in [0.05, 0.1) is 6.10 Å². The van der Waals surface area contributed by atoms with Crippen LogP contribution >= 0.6 is 0 Å². The van der Waals surface area contributed by atoms with E-state index >= 15 is 0 Å². The van der Waals surface area contributed by atoms with Crippen LogP contribution in [0.2, 0.25) is 0 Å². The van der Waals surface area contributed by atoms with Crippen LogP contribution in [0.4, 0.5) is 0 Å². The maximum atomic E-state index is 11.3. The third-order valence-electron chi connectivity index (χ3n) is 2.88. The lowest BCUT2D eigenvalue weighted by Crippen LogP contribution is -2.32. The topological polar surface area (TPSA) is 50.4 Å². The zero-order valence-corrected chi connectivity index (χ0v) is 11.1. The maximum absolute atomic E-state index is 11.3. The molecule has 2 N–H and O–H groups in total. The smallest absolute Gasteiger partial charge is 0.221 e. The van der Waals surface area contributed by atoms with Crippen molar-refractivity contribution in [2.24, 2.45) is 0 Å². The van der Waals surface area contributed by atoms with Gasteiger partial charge in [-0.2, -0.15) is 0 Å². The van der Waals surface area contributed by atoms with Gasteiger partial charge in [-0.05, 0) is 46.1 Å². The van der Waals surface area contributed by atoms with E-state index in [1.807, 2.05) is 13.8 Å². The lowest BCUT2D eigenvalue weighted by molar-refractivity contribution is -0.121. The molecule has 1 aliphatic rings. The highest BCUT2D eigenvalue weighted by Gasteiger charge is 2.14. The molecule has 0 aromatic rings. The molecule has 0 aromatic heterocycles. The van der Waals surface area contributed by atoms with E-state index in [2.05, 4.69) is 10.6 Å². The van der Waals surface area contributed by atoms with E-state index < -0.39 is 0 Å². The van der Waals surface area contributed by atoms with E-state index in [0.29, 0.717) is 12.5 Å². The molecule has 1 fully saturated rings. The minimum Gasteiger partial charge on any atom is -0.378 e. The summed E-state index contributed by atoms with van der Waals surface area (Å²) in [6.07, 6.45) is 5.77. The Morgan fingerprint density at radius 1 is 1.41 bits per heavy atom. The molecule has 1 heterocycles. The van der Waals surface area contributed by atoms with Crippen LogP contribution in [0.15, 0.2) is 0 Å². The van der Waals surface area contributed by atoms with Gasteiger partial charge >= 0.3 is 0 Å². The van der Waals surface area contributed by atoms with E-state index in [9.17, 15) is 4.79 Å². The molecule has 4 nitrogen and oxygen atoms in total. The molecule has 0 aromatic carbocycles. The summed E-state index contributed by atoms with van der Waals surface area (Å²) in [6.45, 7) is 6.65. The van der Waals surface area contributed by atoms with Crippen LogP contribution < -0.4 is 10.6 Å². The highest BCUT2D eigenvalue weighted by molar-refractivity contribution is 5.76. The molecule has 1 saturated heterocycles. The summed E-state index contributed by atoms with van der Waals surface area (Å²) in [7, 11) is 0. The standard InChI is InChI=1S/C13H26N2O2/c1-11(2)15-13(16)7-9-14-8-3-5-12-6-4-10-17-12/h11-12,14H,3-10H2,1-2H3,(H,15,16). The molecule has 0 aliphatic carbocycles. The number of ether oxygens (including phenoxy) is 1. The van der Waals surface area contributed by atoms with Crippen molar-refractivity contribution in [2.75, 3.05) is 19.7 Å². The van der Waals surface area contributed by atoms with Gasteiger partial charge in [0.15, 0.2) is 0 Å². The first-order chi connectivity index (χ1) is 8.18. The second-order valence-electron chi connectivity index (χ2n) is 5.00. The molecule has 17 heavy (non-hydrogen) atoms. The number of amides is 1. The largest absolute Gasteiger partial charge is 0.378 e. The summed E-state index contributed by atoms with van der Waals surface area (Å²) >= 11 is 0. The Balaban J connectivity index is 1.85. The summed E-state index contributed by atoms with van der Waals surface area (Å²) in [5.74, 6) is 0.131. The highest BCUT2D eigenvalue weighted by atomic mass is 16.5. The molecule has 1 atom stereocenters. The normalized spacial score (nSPS) is 19.8. The van der Waals surface area contributed by atoms with Gasteiger partial charge in [0.25, 0.3) is 0 Å². The Morgan fingerprint density at radius 2 is 2.24 bits per heavy atom. The average Bonchev–Trinajstić information content (AvgIpc) is 2.75. The van der Waals surface area contributed by atoms with E-state index in [4.69, 9.17) is 4.74 Å². The van der Waals surface area contributed by atoms with Crippen molar-refractivity contribution >= 4 is 5.91 Å². The lowest BCUT2D eigenvalue weighted by atomic mass is 10.1. The van der Waals surface area contributed by atoms with Crippen LogP contribution in [0.3, 0.4) is 0 Å². The predicted molar refractivity (Wildman–Crippen MR) is 69.0 cm³/mol. The maximum Gasteiger partial charge on any atom is 0.221 e. The third kappa shape index (κ3) is 7.34. The first-order valence-electron chi connectivity index (χ1n) is 6.80. The zero-order valence-electron chi connectivity index (χ0n) is 11.1. The molecule has 1 rings (SSSR count). The highest BCUT2D eigenvalue weighted by Crippen LogP contribution is 2.16. The summed E-state index contributed by atoms with van der Waals surface area (Å²) in [5.41, 5.74) is 0. The van der Waals surface area contributed by atoms with E-state index in [-0.39, 0.29) is 11.9 Å². The van der Waals surface area contributed by atoms with Crippen LogP contribution in [-0.4, -0.2) is 37.7 Å². The van der Waals surface area contributed by atoms with Gasteiger partial charge in [-0.3, -0.25) is 4.79 Å². The van der Waals surface area contributed by atoms with E-state index in [1.165, 1.54) is 12.8 Å². The molecule has 1 unspecified atom stereocenters. The lowest BCUT2D eigenvalue weighted by Gasteiger charge is -2.10. The Hall–Kier alpha value is -0.610. The van der Waals surface area contributed by atoms with Crippen molar-refractivity contribution in [3.8, 4) is 0 Å². The Labute approximate surface area is 104 Å². The number of rotatable bonds is 8. The van der Waals surface area contributed by atoms with Gasteiger partial charge < -0.3 is 15.4 Å². The number of carbonyl (C=O) groups is 1. The first kappa shape index (κ1) is 14.5. The second kappa shape index (κ2) is 8.48. The van der Waals surface area contributed by atoms with Gasteiger partial charge in [-0.1, -0.05) is 0 Å². The quantitative estimate of drug-likeness (QED) is 0.633. The van der Waals surface area contributed by atoms with Gasteiger partial charge in [-0.25, -0.2) is 0 Å². The Morgan fingerprint density at radius 3 is 2.88 bits per heavy atom. The number of hydrogen-bond donors (Lipinski definition) is 2. The van der Waals surface area contributed by atoms with E-state index in [0.717, 1.165) is 32.5 Å². The molecular formula is C13H26N2O2. The average molecular weight is 242 g/mol. The van der Waals surface area contributed by atoms with Gasteiger partial charge in [0, 0.05) is 25.6 Å². The van der Waals surface area contributed by atoms with Crippen LogP contribution in [0.1, 0.15) is 46.0 Å². The van der Waals surface area contributed by atoms with Crippen LogP contribution in [0, 0.1) is 0 Å². The Kier molecular flexibility index (Phi) is 7.21. The zero-order chi connectivity index (χ0) is 12.5. The minimum absolute atomic E-state index is 0.131. The first-order valence-corrected chi connectivity index (χ1v) is 6.80. The SMILES string of the molecule is CC(C)NC(=O)CCNCCCC1CCCO1. The number of nitrogens with one attached hydrogen (secondary N) is 2. The molecular weight excluding hydrogens is 216 g/mol. The van der Waals surface area contributed by atoms with Crippen molar-refractivity contribution in [3.05, 3.63) is 0 Å². The summed E-state index contributed by atoms with van der Waals surface area (Å²) in [4.78, 5) is 11.3. The van der Waals surface area contributed by atoms with E-state index in [1.54, 1.807) is 0 Å². The fraction of sp³-hybridized carbons (Fsp3) is 0.923. The predicted octanol–water partition coefficient (Wildman–Crippen LogP) is 1.45. The third-order valence-corrected chi connectivity index (χ3v) is 2.88. The molecule has 1 aliphatic heterocycles. The minimum atomic E-state index is 0.131. The summed E-state index contributed by atoms with van der Waals surface area (Å²) in [5, 5.41) is 6.18. The molecule has 0 radical (unpaired) electrons. The molecule has 0 spiro atoms. The van der Waals surface area contributed by atoms with Crippen molar-refractivity contribution in [2.45, 2.75) is 58.1 Å². The molecule has 1 amide bonds. The fourth-order valence-corrected chi connectivity index (χ4v) is 2.05. The van der Waals surface area contributed by atoms with Gasteiger partial charge in [0.2, 0.25) is 5.91 Å². The molecule has 0 saturated carbocycles. The van der Waals surface area contributed by atoms with Gasteiger partial charge in [-0.15, -0.1) is 0 Å². The number of hydrogen-bond acceptors (Lipinski definition) is 3.